The van der Waals surface area contributed by atoms with Crippen LogP contribution >= 0.6 is 0 Å². The fourth-order valence-electron chi connectivity index (χ4n) is 1.77. The van der Waals surface area contributed by atoms with Crippen molar-refractivity contribution in [3.63, 3.8) is 0 Å². The third-order valence-electron chi connectivity index (χ3n) is 2.88. The van der Waals surface area contributed by atoms with Crippen molar-refractivity contribution in [1.29, 1.82) is 0 Å². The van der Waals surface area contributed by atoms with E-state index >= 15 is 0 Å². The summed E-state index contributed by atoms with van der Waals surface area (Å²) in [6.07, 6.45) is 1.06. The van der Waals surface area contributed by atoms with Gasteiger partial charge in [-0.05, 0) is 36.4 Å². The molecule has 0 unspecified atom stereocenters. The van der Waals surface area contributed by atoms with E-state index in [2.05, 4.69) is 4.72 Å². The third-order valence-corrected chi connectivity index (χ3v) is 5.41. The van der Waals surface area contributed by atoms with Gasteiger partial charge in [0.05, 0.1) is 22.6 Å². The van der Waals surface area contributed by atoms with Crippen LogP contribution in [-0.2, 0) is 19.9 Å². The van der Waals surface area contributed by atoms with Crippen LogP contribution in [0.1, 0.15) is 0 Å². The molecule has 0 saturated carbocycles. The Bertz CT molecular complexity index is 872. The Morgan fingerprint density at radius 1 is 0.909 bits per heavy atom. The van der Waals surface area contributed by atoms with Crippen LogP contribution in [0.5, 0.6) is 5.75 Å². The zero-order valence-electron chi connectivity index (χ0n) is 12.0. The lowest BCUT2D eigenvalue weighted by Gasteiger charge is -2.09. The number of hydrogen-bond acceptors (Lipinski definition) is 5. The maximum Gasteiger partial charge on any atom is 0.261 e. The van der Waals surface area contributed by atoms with Crippen LogP contribution in [0.25, 0.3) is 0 Å². The molecule has 0 aliphatic rings. The van der Waals surface area contributed by atoms with Gasteiger partial charge in [-0.3, -0.25) is 4.72 Å². The van der Waals surface area contributed by atoms with Gasteiger partial charge in [-0.1, -0.05) is 6.07 Å². The van der Waals surface area contributed by atoms with E-state index in [9.17, 15) is 16.8 Å². The average Bonchev–Trinajstić information content (AvgIpc) is 2.46. The summed E-state index contributed by atoms with van der Waals surface area (Å²) in [5.41, 5.74) is 0.353. The quantitative estimate of drug-likeness (QED) is 0.897. The molecule has 0 spiro atoms. The van der Waals surface area contributed by atoms with Crippen molar-refractivity contribution in [2.45, 2.75) is 9.79 Å². The molecule has 118 valence electrons. The topological polar surface area (TPSA) is 89.5 Å². The van der Waals surface area contributed by atoms with Crippen LogP contribution in [0.3, 0.4) is 0 Å². The van der Waals surface area contributed by atoms with Crippen molar-refractivity contribution in [1.82, 2.24) is 0 Å². The minimum atomic E-state index is -3.80. The molecule has 2 aromatic carbocycles. The Hall–Kier alpha value is -2.06. The van der Waals surface area contributed by atoms with Gasteiger partial charge < -0.3 is 4.74 Å². The standard InChI is InChI=1S/C14H15NO5S2/c1-20-12-5-3-4-11(10-12)15-22(18,19)14-8-6-13(7-9-14)21(2,16)17/h3-10,15H,1-2H3. The highest BCUT2D eigenvalue weighted by atomic mass is 32.2. The van der Waals surface area contributed by atoms with Crippen molar-refractivity contribution in [3.05, 3.63) is 48.5 Å². The molecule has 2 aromatic rings. The summed E-state index contributed by atoms with van der Waals surface area (Å²) in [6, 6.07) is 11.5. The fraction of sp³-hybridized carbons (Fsp3) is 0.143. The second-order valence-corrected chi connectivity index (χ2v) is 8.28. The van der Waals surface area contributed by atoms with E-state index in [1.54, 1.807) is 24.3 Å². The lowest BCUT2D eigenvalue weighted by Crippen LogP contribution is -2.13. The maximum atomic E-state index is 12.3. The van der Waals surface area contributed by atoms with Crippen LogP contribution in [0, 0.1) is 0 Å². The molecule has 0 atom stereocenters. The molecule has 1 N–H and O–H groups in total. The first-order valence-corrected chi connectivity index (χ1v) is 9.57. The van der Waals surface area contributed by atoms with Gasteiger partial charge in [0.2, 0.25) is 0 Å². The molecule has 0 aliphatic heterocycles. The zero-order valence-corrected chi connectivity index (χ0v) is 13.6. The molecule has 8 heteroatoms. The SMILES string of the molecule is COc1cccc(NS(=O)(=O)c2ccc(S(C)(=O)=O)cc2)c1. The number of anilines is 1. The van der Waals surface area contributed by atoms with E-state index in [0.717, 1.165) is 6.26 Å². The van der Waals surface area contributed by atoms with Gasteiger partial charge in [-0.15, -0.1) is 0 Å². The molecular formula is C14H15NO5S2. The third kappa shape index (κ3) is 3.77. The van der Waals surface area contributed by atoms with Crippen LogP contribution in [0.2, 0.25) is 0 Å². The maximum absolute atomic E-state index is 12.3. The Kier molecular flexibility index (Phi) is 4.43. The summed E-state index contributed by atoms with van der Waals surface area (Å²) in [7, 11) is -5.68. The van der Waals surface area contributed by atoms with Crippen LogP contribution < -0.4 is 9.46 Å². The first kappa shape index (κ1) is 16.3. The lowest BCUT2D eigenvalue weighted by molar-refractivity contribution is 0.415. The van der Waals surface area contributed by atoms with E-state index in [0.29, 0.717) is 11.4 Å². The Labute approximate surface area is 129 Å². The second-order valence-electron chi connectivity index (χ2n) is 4.58. The predicted molar refractivity (Wildman–Crippen MR) is 83.4 cm³/mol. The van der Waals surface area contributed by atoms with Gasteiger partial charge in [-0.25, -0.2) is 16.8 Å². The van der Waals surface area contributed by atoms with Crippen molar-refractivity contribution in [3.8, 4) is 5.75 Å². The highest BCUT2D eigenvalue weighted by Gasteiger charge is 2.16. The molecule has 0 aromatic heterocycles. The summed E-state index contributed by atoms with van der Waals surface area (Å²) in [5.74, 6) is 0.521. The number of methoxy groups -OCH3 is 1. The van der Waals surface area contributed by atoms with Gasteiger partial charge in [0.15, 0.2) is 9.84 Å². The average molecular weight is 341 g/mol. The summed E-state index contributed by atoms with van der Waals surface area (Å²) in [6.45, 7) is 0. The van der Waals surface area contributed by atoms with Gasteiger partial charge in [0.25, 0.3) is 10.0 Å². The Balaban J connectivity index is 2.30. The number of sulfone groups is 1. The van der Waals surface area contributed by atoms with Crippen molar-refractivity contribution in [2.24, 2.45) is 0 Å². The summed E-state index contributed by atoms with van der Waals surface area (Å²) < 4.78 is 54.7. The molecule has 0 bridgehead atoms. The molecule has 0 amide bonds. The predicted octanol–water partition coefficient (Wildman–Crippen LogP) is 1.90. The van der Waals surface area contributed by atoms with Gasteiger partial charge in [0.1, 0.15) is 5.75 Å². The smallest absolute Gasteiger partial charge is 0.261 e. The minimum absolute atomic E-state index is 0.0253. The molecular weight excluding hydrogens is 326 g/mol. The molecule has 0 aliphatic carbocycles. The van der Waals surface area contributed by atoms with E-state index in [1.165, 1.54) is 31.4 Å². The zero-order chi connectivity index (χ0) is 16.4. The monoisotopic (exact) mass is 341 g/mol. The molecule has 6 nitrogen and oxygen atoms in total. The van der Waals surface area contributed by atoms with Crippen molar-refractivity contribution >= 4 is 25.5 Å². The van der Waals surface area contributed by atoms with Gasteiger partial charge in [0, 0.05) is 12.3 Å². The van der Waals surface area contributed by atoms with Crippen LogP contribution in [0.4, 0.5) is 5.69 Å². The first-order chi connectivity index (χ1) is 10.2. The molecule has 0 radical (unpaired) electrons. The molecule has 2 rings (SSSR count). The minimum Gasteiger partial charge on any atom is -0.497 e. The van der Waals surface area contributed by atoms with Crippen molar-refractivity contribution < 1.29 is 21.6 Å². The first-order valence-electron chi connectivity index (χ1n) is 6.19. The van der Waals surface area contributed by atoms with Crippen LogP contribution in [-0.4, -0.2) is 30.2 Å². The lowest BCUT2D eigenvalue weighted by atomic mass is 10.3. The molecule has 22 heavy (non-hydrogen) atoms. The number of benzene rings is 2. The van der Waals surface area contributed by atoms with Gasteiger partial charge >= 0.3 is 0 Å². The normalized spacial score (nSPS) is 11.9. The van der Waals surface area contributed by atoms with E-state index in [-0.39, 0.29) is 9.79 Å². The highest BCUT2D eigenvalue weighted by molar-refractivity contribution is 7.92. The summed E-state index contributed by atoms with van der Waals surface area (Å²) in [4.78, 5) is 0.0375. The molecule has 0 fully saturated rings. The Morgan fingerprint density at radius 2 is 1.50 bits per heavy atom. The number of sulfonamides is 1. The molecule has 0 heterocycles. The summed E-state index contributed by atoms with van der Waals surface area (Å²) >= 11 is 0. The summed E-state index contributed by atoms with van der Waals surface area (Å²) in [5, 5.41) is 0. The van der Waals surface area contributed by atoms with E-state index in [1.807, 2.05) is 0 Å². The van der Waals surface area contributed by atoms with E-state index < -0.39 is 19.9 Å². The number of nitrogens with one attached hydrogen (secondary N) is 1. The highest BCUT2D eigenvalue weighted by Crippen LogP contribution is 2.21. The number of ether oxygens (including phenoxy) is 1. The van der Waals surface area contributed by atoms with Gasteiger partial charge in [-0.2, -0.15) is 0 Å². The van der Waals surface area contributed by atoms with Crippen molar-refractivity contribution in [2.75, 3.05) is 18.1 Å². The fourth-order valence-corrected chi connectivity index (χ4v) is 3.45. The number of rotatable bonds is 5. The number of hydrogen-bond donors (Lipinski definition) is 1. The molecule has 0 saturated heterocycles. The van der Waals surface area contributed by atoms with E-state index in [4.69, 9.17) is 4.74 Å². The Morgan fingerprint density at radius 3 is 2.05 bits per heavy atom. The largest absolute Gasteiger partial charge is 0.497 e. The van der Waals surface area contributed by atoms with Crippen LogP contribution in [0.15, 0.2) is 58.3 Å². The second kappa shape index (κ2) is 5.98.